The van der Waals surface area contributed by atoms with E-state index < -0.39 is 33.7 Å². The van der Waals surface area contributed by atoms with Gasteiger partial charge in [-0.25, -0.2) is 8.42 Å². The average Bonchev–Trinajstić information content (AvgIpc) is 3.32. The highest BCUT2D eigenvalue weighted by molar-refractivity contribution is 7.93. The Hall–Kier alpha value is -4.31. The van der Waals surface area contributed by atoms with E-state index in [4.69, 9.17) is 5.73 Å². The highest BCUT2D eigenvalue weighted by Gasteiger charge is 2.42. The number of nitrogens with two attached hydrogens (primary N) is 1. The van der Waals surface area contributed by atoms with Crippen molar-refractivity contribution < 1.29 is 26.4 Å². The average molecular weight is 552 g/mol. The number of anilines is 2. The summed E-state index contributed by atoms with van der Waals surface area (Å²) in [5.74, 6) is -0.460. The standard InChI is InChI=1S/C29H24F3N3O3S/c30-29(31,32)23-8-4-7-21(16-23)20-11-13-25(14-12-20)39(37,38)35-26-10-2-1-6-22(26)17-27(35)28(36)34-18-19-5-3-9-24(33)15-19/h1-16,27H,17-18,33H2,(H,34,36)/t27-/m0/s1. The molecular weight excluding hydrogens is 527 g/mol. The Morgan fingerprint density at radius 2 is 1.62 bits per heavy atom. The molecule has 1 aliphatic heterocycles. The first-order chi connectivity index (χ1) is 18.5. The second-order valence-electron chi connectivity index (χ2n) is 9.22. The van der Waals surface area contributed by atoms with Gasteiger partial charge in [-0.2, -0.15) is 13.2 Å². The van der Waals surface area contributed by atoms with E-state index in [9.17, 15) is 26.4 Å². The minimum absolute atomic E-state index is 0.0800. The lowest BCUT2D eigenvalue weighted by Crippen LogP contribution is -2.47. The summed E-state index contributed by atoms with van der Waals surface area (Å²) in [6.07, 6.45) is -4.30. The molecule has 1 heterocycles. The van der Waals surface area contributed by atoms with Crippen LogP contribution in [0.4, 0.5) is 24.5 Å². The zero-order valence-corrected chi connectivity index (χ0v) is 21.3. The molecule has 10 heteroatoms. The molecule has 1 amide bonds. The van der Waals surface area contributed by atoms with Crippen molar-refractivity contribution in [3.63, 3.8) is 0 Å². The number of alkyl halides is 3. The number of para-hydroxylation sites is 1. The number of fused-ring (bicyclic) bond motifs is 1. The van der Waals surface area contributed by atoms with Crippen molar-refractivity contribution in [1.29, 1.82) is 0 Å². The van der Waals surface area contributed by atoms with Gasteiger partial charge in [0.2, 0.25) is 5.91 Å². The Kier molecular flexibility index (Phi) is 6.82. The molecule has 0 fully saturated rings. The van der Waals surface area contributed by atoms with Crippen molar-refractivity contribution in [2.75, 3.05) is 10.0 Å². The maximum Gasteiger partial charge on any atom is 0.416 e. The zero-order chi connectivity index (χ0) is 27.8. The van der Waals surface area contributed by atoms with E-state index in [0.29, 0.717) is 28.1 Å². The van der Waals surface area contributed by atoms with Gasteiger partial charge in [0, 0.05) is 18.7 Å². The molecule has 39 heavy (non-hydrogen) atoms. The Morgan fingerprint density at radius 1 is 0.897 bits per heavy atom. The number of benzene rings is 4. The number of carbonyl (C=O) groups excluding carboxylic acids is 1. The monoisotopic (exact) mass is 551 g/mol. The number of nitrogens with zero attached hydrogens (tertiary/aromatic N) is 1. The molecule has 0 saturated heterocycles. The van der Waals surface area contributed by atoms with Gasteiger partial charge in [-0.3, -0.25) is 9.10 Å². The molecule has 4 aromatic carbocycles. The third-order valence-corrected chi connectivity index (χ3v) is 8.42. The van der Waals surface area contributed by atoms with Gasteiger partial charge in [0.25, 0.3) is 10.0 Å². The molecule has 1 aliphatic rings. The predicted molar refractivity (Wildman–Crippen MR) is 143 cm³/mol. The molecule has 0 saturated carbocycles. The van der Waals surface area contributed by atoms with Crippen molar-refractivity contribution in [2.45, 2.75) is 30.1 Å². The molecule has 0 bridgehead atoms. The minimum atomic E-state index is -4.49. The van der Waals surface area contributed by atoms with Gasteiger partial charge in [-0.1, -0.05) is 54.6 Å². The van der Waals surface area contributed by atoms with Crippen LogP contribution in [0.2, 0.25) is 0 Å². The van der Waals surface area contributed by atoms with Gasteiger partial charge in [-0.05, 0) is 64.7 Å². The van der Waals surface area contributed by atoms with E-state index in [1.54, 1.807) is 48.5 Å². The lowest BCUT2D eigenvalue weighted by atomic mass is 10.0. The molecule has 0 aromatic heterocycles. The molecule has 0 radical (unpaired) electrons. The van der Waals surface area contributed by atoms with Gasteiger partial charge < -0.3 is 11.1 Å². The van der Waals surface area contributed by atoms with E-state index in [1.165, 1.54) is 36.4 Å². The number of sulfonamides is 1. The van der Waals surface area contributed by atoms with Crippen molar-refractivity contribution in [1.82, 2.24) is 5.32 Å². The summed E-state index contributed by atoms with van der Waals surface area (Å²) in [5, 5.41) is 2.81. The lowest BCUT2D eigenvalue weighted by molar-refractivity contribution is -0.137. The number of nitrogens with one attached hydrogen (secondary N) is 1. The summed E-state index contributed by atoms with van der Waals surface area (Å²) >= 11 is 0. The van der Waals surface area contributed by atoms with Crippen LogP contribution in [0.3, 0.4) is 0 Å². The van der Waals surface area contributed by atoms with E-state index in [1.807, 2.05) is 0 Å². The Balaban J connectivity index is 1.43. The first kappa shape index (κ1) is 26.3. The molecule has 200 valence electrons. The fraction of sp³-hybridized carbons (Fsp3) is 0.138. The highest BCUT2D eigenvalue weighted by atomic mass is 32.2. The van der Waals surface area contributed by atoms with Crippen LogP contribution >= 0.6 is 0 Å². The van der Waals surface area contributed by atoms with Crippen molar-refractivity contribution in [2.24, 2.45) is 0 Å². The van der Waals surface area contributed by atoms with E-state index in [0.717, 1.165) is 22.0 Å². The molecular formula is C29H24F3N3O3S. The molecule has 3 N–H and O–H groups in total. The molecule has 0 aliphatic carbocycles. The topological polar surface area (TPSA) is 92.5 Å². The number of nitrogen functional groups attached to an aromatic ring is 1. The summed E-state index contributed by atoms with van der Waals surface area (Å²) in [6.45, 7) is 0.177. The van der Waals surface area contributed by atoms with Crippen LogP contribution in [-0.4, -0.2) is 20.4 Å². The van der Waals surface area contributed by atoms with Crippen LogP contribution in [0.5, 0.6) is 0 Å². The first-order valence-electron chi connectivity index (χ1n) is 12.1. The molecule has 4 aromatic rings. The SMILES string of the molecule is Nc1cccc(CNC(=O)[C@@H]2Cc3ccccc3N2S(=O)(=O)c2ccc(-c3cccc(C(F)(F)F)c3)cc2)c1. The van der Waals surface area contributed by atoms with E-state index in [-0.39, 0.29) is 17.9 Å². The number of halogens is 3. The molecule has 0 spiro atoms. The highest BCUT2D eigenvalue weighted by Crippen LogP contribution is 2.38. The summed E-state index contributed by atoms with van der Waals surface area (Å²) in [5.41, 5.74) is 8.20. The third-order valence-electron chi connectivity index (χ3n) is 6.58. The van der Waals surface area contributed by atoms with Crippen LogP contribution in [0.15, 0.2) is 102 Å². The number of hydrogen-bond donors (Lipinski definition) is 2. The fourth-order valence-electron chi connectivity index (χ4n) is 4.67. The second kappa shape index (κ2) is 10.1. The predicted octanol–water partition coefficient (Wildman–Crippen LogP) is 5.39. The number of carbonyl (C=O) groups is 1. The second-order valence-corrected chi connectivity index (χ2v) is 11.0. The molecule has 6 nitrogen and oxygen atoms in total. The zero-order valence-electron chi connectivity index (χ0n) is 20.5. The number of amides is 1. The van der Waals surface area contributed by atoms with Crippen LogP contribution < -0.4 is 15.4 Å². The van der Waals surface area contributed by atoms with E-state index >= 15 is 0 Å². The van der Waals surface area contributed by atoms with Gasteiger partial charge in [-0.15, -0.1) is 0 Å². The smallest absolute Gasteiger partial charge is 0.399 e. The maximum absolute atomic E-state index is 13.8. The first-order valence-corrected chi connectivity index (χ1v) is 13.5. The van der Waals surface area contributed by atoms with Crippen LogP contribution in [0.1, 0.15) is 16.7 Å². The Labute approximate surface area is 223 Å². The fourth-order valence-corrected chi connectivity index (χ4v) is 6.32. The summed E-state index contributed by atoms with van der Waals surface area (Å²) < 4.78 is 68.2. The van der Waals surface area contributed by atoms with Gasteiger partial charge in [0.1, 0.15) is 6.04 Å². The lowest BCUT2D eigenvalue weighted by Gasteiger charge is -2.26. The minimum Gasteiger partial charge on any atom is -0.399 e. The summed E-state index contributed by atoms with van der Waals surface area (Å²) in [4.78, 5) is 13.2. The van der Waals surface area contributed by atoms with Crippen LogP contribution in [0.25, 0.3) is 11.1 Å². The Morgan fingerprint density at radius 3 is 2.33 bits per heavy atom. The van der Waals surface area contributed by atoms with E-state index in [2.05, 4.69) is 5.32 Å². The molecule has 1 atom stereocenters. The van der Waals surface area contributed by atoms with Crippen molar-refractivity contribution in [3.05, 3.63) is 114 Å². The number of rotatable bonds is 6. The summed E-state index contributed by atoms with van der Waals surface area (Å²) in [7, 11) is -4.19. The largest absolute Gasteiger partial charge is 0.416 e. The summed E-state index contributed by atoms with van der Waals surface area (Å²) in [6, 6.07) is 23.3. The molecule has 5 rings (SSSR count). The quantitative estimate of drug-likeness (QED) is 0.314. The maximum atomic E-state index is 13.8. The number of hydrogen-bond acceptors (Lipinski definition) is 4. The van der Waals surface area contributed by atoms with Crippen LogP contribution in [0, 0.1) is 0 Å². The molecule has 0 unspecified atom stereocenters. The van der Waals surface area contributed by atoms with Gasteiger partial charge in [0.15, 0.2) is 0 Å². The van der Waals surface area contributed by atoms with Crippen LogP contribution in [-0.2, 0) is 34.0 Å². The third kappa shape index (κ3) is 5.33. The normalized spacial score (nSPS) is 15.2. The van der Waals surface area contributed by atoms with Crippen molar-refractivity contribution >= 4 is 27.3 Å². The van der Waals surface area contributed by atoms with Crippen molar-refractivity contribution in [3.8, 4) is 11.1 Å². The Bertz CT molecular complexity index is 1640. The van der Waals surface area contributed by atoms with Gasteiger partial charge in [0.05, 0.1) is 16.1 Å². The van der Waals surface area contributed by atoms with Gasteiger partial charge >= 0.3 is 6.18 Å².